The maximum Gasteiger partial charge on any atom is 0.326 e. The summed E-state index contributed by atoms with van der Waals surface area (Å²) in [5.41, 5.74) is 4.32. The minimum absolute atomic E-state index is 0.00147. The van der Waals surface area contributed by atoms with Crippen LogP contribution in [0.3, 0.4) is 0 Å². The summed E-state index contributed by atoms with van der Waals surface area (Å²) in [7, 11) is 0. The number of carbonyl (C=O) groups is 6. The third-order valence-corrected chi connectivity index (χ3v) is 9.56. The third kappa shape index (κ3) is 11.5. The summed E-state index contributed by atoms with van der Waals surface area (Å²) >= 11 is 0. The SMILES string of the molecule is O=C1CCC(=O)N[C@H](Cc2ccco2)C(=O)N[C@@H](Cc2ccc(-c3ccccc3)cc2)C(=O)N[C@H](Cc2ccccc2)C(=O)N[C@H](C(=O)O)Cc2ccc(cc2)N1. The van der Waals surface area contributed by atoms with Gasteiger partial charge < -0.3 is 36.1 Å². The summed E-state index contributed by atoms with van der Waals surface area (Å²) in [6.07, 6.45) is 0.878. The molecular weight excluding hydrogens is 727 g/mol. The maximum atomic E-state index is 14.4. The molecule has 292 valence electrons. The highest BCUT2D eigenvalue weighted by molar-refractivity contribution is 5.97. The van der Waals surface area contributed by atoms with Crippen molar-refractivity contribution in [2.45, 2.75) is 62.7 Å². The average molecular weight is 770 g/mol. The van der Waals surface area contributed by atoms with Crippen molar-refractivity contribution in [3.05, 3.63) is 150 Å². The molecule has 5 amide bonds. The van der Waals surface area contributed by atoms with Gasteiger partial charge in [0, 0.05) is 44.2 Å². The van der Waals surface area contributed by atoms with Crippen LogP contribution in [0.25, 0.3) is 11.1 Å². The number of hydrogen-bond donors (Lipinski definition) is 6. The number of nitrogens with one attached hydrogen (secondary N) is 5. The Morgan fingerprint density at radius 3 is 1.70 bits per heavy atom. The van der Waals surface area contributed by atoms with Gasteiger partial charge in [-0.2, -0.15) is 0 Å². The summed E-state index contributed by atoms with van der Waals surface area (Å²) in [5, 5.41) is 23.7. The zero-order valence-electron chi connectivity index (χ0n) is 31.0. The lowest BCUT2D eigenvalue weighted by molar-refractivity contribution is -0.142. The molecule has 57 heavy (non-hydrogen) atoms. The fourth-order valence-electron chi connectivity index (χ4n) is 6.50. The van der Waals surface area contributed by atoms with Crippen LogP contribution in [0.4, 0.5) is 5.69 Å². The predicted octanol–water partition coefficient (Wildman–Crippen LogP) is 3.97. The van der Waals surface area contributed by atoms with Crippen molar-refractivity contribution in [2.75, 3.05) is 5.32 Å². The standard InChI is InChI=1S/C44H43N5O8/c50-39-21-22-40(51)46-37(27-34-12-7-23-57-34)43(54)48-36(25-29-13-17-32(18-14-29)31-10-5-2-6-11-31)41(52)47-35(24-28-8-3-1-4-9-28)42(53)49-38(44(55)56)26-30-15-19-33(45-39)20-16-30/h1-20,23,35-38H,21-22,24-27H2,(H,45,50)(H,46,51)(H,47,52)(H,48,54)(H,49,53)(H,55,56)/t35-,36+,37-,38+/m1/s1. The van der Waals surface area contributed by atoms with Crippen molar-refractivity contribution in [3.63, 3.8) is 0 Å². The molecule has 0 saturated carbocycles. The fraction of sp³-hybridized carbons (Fsp3) is 0.227. The Hall–Kier alpha value is -7.02. The molecular formula is C44H43N5O8. The smallest absolute Gasteiger partial charge is 0.326 e. The van der Waals surface area contributed by atoms with Crippen LogP contribution in [0, 0.1) is 0 Å². The second-order valence-electron chi connectivity index (χ2n) is 13.8. The Balaban J connectivity index is 1.34. The van der Waals surface area contributed by atoms with Crippen LogP contribution in [-0.2, 0) is 54.5 Å². The zero-order chi connectivity index (χ0) is 40.1. The number of fused-ring (bicyclic) bond motifs is 18. The Kier molecular flexibility index (Phi) is 13.2. The van der Waals surface area contributed by atoms with Crippen molar-refractivity contribution in [1.29, 1.82) is 0 Å². The quantitative estimate of drug-likeness (QED) is 0.128. The van der Waals surface area contributed by atoms with Crippen LogP contribution in [0.15, 0.2) is 132 Å². The summed E-state index contributed by atoms with van der Waals surface area (Å²) in [6, 6.07) is 30.8. The number of hydrogen-bond acceptors (Lipinski definition) is 7. The number of aliphatic carboxylic acids is 1. The van der Waals surface area contributed by atoms with E-state index in [1.54, 1.807) is 60.7 Å². The van der Waals surface area contributed by atoms with Gasteiger partial charge in [0.15, 0.2) is 0 Å². The summed E-state index contributed by atoms with van der Waals surface area (Å²) < 4.78 is 5.48. The van der Waals surface area contributed by atoms with E-state index >= 15 is 0 Å². The molecule has 0 radical (unpaired) electrons. The fourth-order valence-corrected chi connectivity index (χ4v) is 6.50. The molecule has 13 heteroatoms. The van der Waals surface area contributed by atoms with Crippen LogP contribution >= 0.6 is 0 Å². The summed E-state index contributed by atoms with van der Waals surface area (Å²) in [6.45, 7) is 0. The first-order chi connectivity index (χ1) is 27.6. The Morgan fingerprint density at radius 2 is 1.11 bits per heavy atom. The van der Waals surface area contributed by atoms with E-state index in [1.165, 1.54) is 6.26 Å². The molecule has 4 aromatic carbocycles. The summed E-state index contributed by atoms with van der Waals surface area (Å²) in [4.78, 5) is 80.8. The van der Waals surface area contributed by atoms with Gasteiger partial charge in [-0.1, -0.05) is 97.1 Å². The van der Waals surface area contributed by atoms with E-state index in [2.05, 4.69) is 26.6 Å². The molecule has 4 atom stereocenters. The Bertz CT molecular complexity index is 2160. The highest BCUT2D eigenvalue weighted by Crippen LogP contribution is 2.20. The second kappa shape index (κ2) is 19.0. The molecule has 3 heterocycles. The minimum atomic E-state index is -1.36. The van der Waals surface area contributed by atoms with E-state index in [1.807, 2.05) is 60.7 Å². The number of anilines is 1. The Morgan fingerprint density at radius 1 is 0.561 bits per heavy atom. The number of furan rings is 1. The summed E-state index contributed by atoms with van der Waals surface area (Å²) in [5.74, 6) is -4.07. The number of benzene rings is 4. The molecule has 0 spiro atoms. The zero-order valence-corrected chi connectivity index (χ0v) is 31.0. The van der Waals surface area contributed by atoms with Gasteiger partial charge in [0.2, 0.25) is 29.5 Å². The predicted molar refractivity (Wildman–Crippen MR) is 212 cm³/mol. The monoisotopic (exact) mass is 769 g/mol. The van der Waals surface area contributed by atoms with E-state index in [9.17, 15) is 33.9 Å². The van der Waals surface area contributed by atoms with Crippen molar-refractivity contribution in [3.8, 4) is 11.1 Å². The molecule has 2 aliphatic heterocycles. The van der Waals surface area contributed by atoms with Crippen LogP contribution in [0.2, 0.25) is 0 Å². The van der Waals surface area contributed by atoms with Crippen LogP contribution in [0.5, 0.6) is 0 Å². The first-order valence-electron chi connectivity index (χ1n) is 18.6. The molecule has 2 aliphatic rings. The van der Waals surface area contributed by atoms with Crippen LogP contribution < -0.4 is 26.6 Å². The number of carboxylic acids is 1. The highest BCUT2D eigenvalue weighted by Gasteiger charge is 2.32. The topological polar surface area (TPSA) is 196 Å². The van der Waals surface area contributed by atoms with Gasteiger partial charge in [-0.3, -0.25) is 24.0 Å². The lowest BCUT2D eigenvalue weighted by atomic mass is 9.99. The lowest BCUT2D eigenvalue weighted by Gasteiger charge is -2.26. The van der Waals surface area contributed by atoms with Crippen molar-refractivity contribution >= 4 is 41.2 Å². The number of amides is 5. The second-order valence-corrected chi connectivity index (χ2v) is 13.8. The van der Waals surface area contributed by atoms with Crippen LogP contribution in [0.1, 0.15) is 35.3 Å². The van der Waals surface area contributed by atoms with Gasteiger partial charge in [-0.05, 0) is 52.1 Å². The molecule has 0 unspecified atom stereocenters. The van der Waals surface area contributed by atoms with Gasteiger partial charge >= 0.3 is 5.97 Å². The van der Waals surface area contributed by atoms with Gasteiger partial charge in [0.1, 0.15) is 29.9 Å². The molecule has 6 N–H and O–H groups in total. The molecule has 2 bridgehead atoms. The number of rotatable bonds is 8. The van der Waals surface area contributed by atoms with Crippen LogP contribution in [-0.4, -0.2) is 64.8 Å². The molecule has 0 aliphatic carbocycles. The average Bonchev–Trinajstić information content (AvgIpc) is 3.73. The first-order valence-corrected chi connectivity index (χ1v) is 18.6. The van der Waals surface area contributed by atoms with Crippen molar-refractivity contribution < 1.29 is 38.3 Å². The third-order valence-electron chi connectivity index (χ3n) is 9.56. The number of carbonyl (C=O) groups excluding carboxylic acids is 5. The molecule has 0 saturated heterocycles. The van der Waals surface area contributed by atoms with Gasteiger partial charge in [0.05, 0.1) is 6.26 Å². The first kappa shape index (κ1) is 39.7. The maximum absolute atomic E-state index is 14.4. The molecule has 1 aromatic heterocycles. The molecule has 7 rings (SSSR count). The van der Waals surface area contributed by atoms with Crippen molar-refractivity contribution in [2.24, 2.45) is 0 Å². The highest BCUT2D eigenvalue weighted by atomic mass is 16.4. The van der Waals surface area contributed by atoms with E-state index in [4.69, 9.17) is 4.42 Å². The van der Waals surface area contributed by atoms with Gasteiger partial charge in [-0.15, -0.1) is 0 Å². The molecule has 0 fully saturated rings. The minimum Gasteiger partial charge on any atom is -0.480 e. The Labute approximate surface area is 329 Å². The molecule has 13 nitrogen and oxygen atoms in total. The van der Waals surface area contributed by atoms with E-state index in [-0.39, 0.29) is 38.5 Å². The van der Waals surface area contributed by atoms with E-state index < -0.39 is 59.7 Å². The molecule has 5 aromatic rings. The number of carboxylic acid groups (broad SMARTS) is 1. The van der Waals surface area contributed by atoms with Gasteiger partial charge in [0.25, 0.3) is 0 Å². The lowest BCUT2D eigenvalue weighted by Crippen LogP contribution is -2.59. The normalized spacial score (nSPS) is 19.9. The van der Waals surface area contributed by atoms with Gasteiger partial charge in [-0.25, -0.2) is 4.79 Å². The van der Waals surface area contributed by atoms with E-state index in [0.717, 1.165) is 11.1 Å². The van der Waals surface area contributed by atoms with E-state index in [0.29, 0.717) is 28.1 Å². The van der Waals surface area contributed by atoms with Crippen molar-refractivity contribution in [1.82, 2.24) is 21.3 Å². The largest absolute Gasteiger partial charge is 0.480 e.